The Labute approximate surface area is 386 Å². The molecule has 12 nitrogen and oxygen atoms in total. The third-order valence-corrected chi connectivity index (χ3v) is 12.2. The Bertz CT molecular complexity index is 1360. The Morgan fingerprint density at radius 1 is 0.730 bits per heavy atom. The van der Waals surface area contributed by atoms with Gasteiger partial charge in [0.05, 0.1) is 40.1 Å². The van der Waals surface area contributed by atoms with Crippen molar-refractivity contribution in [1.82, 2.24) is 0 Å². The zero-order valence-electron chi connectivity index (χ0n) is 39.7. The minimum absolute atomic E-state index is 0.00928. The van der Waals surface area contributed by atoms with Crippen molar-refractivity contribution in [2.45, 2.75) is 172 Å². The highest BCUT2D eigenvalue weighted by atomic mass is 32.2. The van der Waals surface area contributed by atoms with Crippen LogP contribution in [0.1, 0.15) is 149 Å². The molecule has 0 heterocycles. The zero-order chi connectivity index (χ0) is 46.9. The molecule has 0 saturated carbocycles. The summed E-state index contributed by atoms with van der Waals surface area (Å²) >= 11 is 1.27. The van der Waals surface area contributed by atoms with E-state index in [0.29, 0.717) is 17.4 Å². The maximum atomic E-state index is 13.0. The smallest absolute Gasteiger partial charge is 0.472 e. The number of hydrogen-bond acceptors (Lipinski definition) is 10. The van der Waals surface area contributed by atoms with Crippen molar-refractivity contribution >= 4 is 31.5 Å². The van der Waals surface area contributed by atoms with Crippen LogP contribution in [0.15, 0.2) is 73.1 Å². The van der Waals surface area contributed by atoms with Gasteiger partial charge < -0.3 is 34.8 Å². The molecule has 0 aromatic heterocycles. The molecule has 364 valence electrons. The number of carboxylic acids is 1. The van der Waals surface area contributed by atoms with E-state index in [2.05, 4.69) is 44.2 Å². The molecule has 1 unspecified atom stereocenters. The second-order valence-corrected chi connectivity index (χ2v) is 19.7. The number of hydrogen-bond donors (Lipinski definition) is 4. The zero-order valence-corrected chi connectivity index (χ0v) is 41.4. The average molecular weight is 928 g/mol. The van der Waals surface area contributed by atoms with Gasteiger partial charge in [0.25, 0.3) is 0 Å². The number of unbranched alkanes of at least 4 members (excludes halogenated alkanes) is 14. The van der Waals surface area contributed by atoms with Gasteiger partial charge in [-0.2, -0.15) is 0 Å². The molecule has 0 aliphatic heterocycles. The van der Waals surface area contributed by atoms with Gasteiger partial charge in [-0.05, 0) is 76.7 Å². The third-order valence-electron chi connectivity index (χ3n) is 9.83. The number of phosphoric ester groups is 1. The molecular formula is C49H88N2O10PS+. The van der Waals surface area contributed by atoms with Gasteiger partial charge in [0.2, 0.25) is 0 Å². The molecule has 5 N–H and O–H groups in total. The number of thioether (sulfide) groups is 1. The Kier molecular flexibility index (Phi) is 39.4. The quantitative estimate of drug-likeness (QED) is 0.00868. The highest BCUT2D eigenvalue weighted by molar-refractivity contribution is 8.00. The van der Waals surface area contributed by atoms with Gasteiger partial charge in [0, 0.05) is 17.4 Å². The molecule has 0 bridgehead atoms. The summed E-state index contributed by atoms with van der Waals surface area (Å²) in [5.74, 6) is -1.53. The SMILES string of the molecule is CCCCC/C=C\C\C=C/C=C/C=C/[C@@H](SC[C@H](N)C(=O)OC[C@H](COP(=O)(O)OCC[N+](C)(C)C)O/C=C/CCCCCCCC/C=C\CCCCCC)[C@@H](O)CCCC(=O)O. The molecule has 0 aliphatic rings. The lowest BCUT2D eigenvalue weighted by Crippen LogP contribution is -2.38. The lowest BCUT2D eigenvalue weighted by Gasteiger charge is -2.24. The molecule has 0 spiro atoms. The van der Waals surface area contributed by atoms with Crippen LogP contribution in [0.5, 0.6) is 0 Å². The minimum atomic E-state index is -4.41. The largest absolute Gasteiger partial charge is 0.492 e. The van der Waals surface area contributed by atoms with Crippen LogP contribution in [-0.2, 0) is 32.7 Å². The Balaban J connectivity index is 5.17. The van der Waals surface area contributed by atoms with Crippen molar-refractivity contribution in [1.29, 1.82) is 0 Å². The van der Waals surface area contributed by atoms with E-state index in [1.807, 2.05) is 57.6 Å². The highest BCUT2D eigenvalue weighted by Crippen LogP contribution is 2.43. The molecule has 63 heavy (non-hydrogen) atoms. The maximum Gasteiger partial charge on any atom is 0.472 e. The molecular weight excluding hydrogens is 840 g/mol. The predicted octanol–water partition coefficient (Wildman–Crippen LogP) is 11.2. The van der Waals surface area contributed by atoms with Crippen molar-refractivity contribution in [3.05, 3.63) is 73.1 Å². The van der Waals surface area contributed by atoms with Crippen LogP contribution in [-0.4, -0.2) is 108 Å². The van der Waals surface area contributed by atoms with Gasteiger partial charge in [0.15, 0.2) is 6.10 Å². The highest BCUT2D eigenvalue weighted by Gasteiger charge is 2.27. The summed E-state index contributed by atoms with van der Waals surface area (Å²) < 4.78 is 34.9. The molecule has 0 rings (SSSR count). The van der Waals surface area contributed by atoms with Gasteiger partial charge in [0.1, 0.15) is 25.8 Å². The molecule has 0 aromatic rings. The maximum absolute atomic E-state index is 13.0. The van der Waals surface area contributed by atoms with E-state index in [0.717, 1.165) is 38.5 Å². The number of quaternary nitrogens is 1. The molecule has 5 atom stereocenters. The van der Waals surface area contributed by atoms with Gasteiger partial charge in [-0.3, -0.25) is 18.6 Å². The number of carbonyl (C=O) groups excluding carboxylic acids is 1. The van der Waals surface area contributed by atoms with E-state index in [1.165, 1.54) is 95.1 Å². The van der Waals surface area contributed by atoms with Crippen molar-refractivity contribution in [3.63, 3.8) is 0 Å². The number of nitrogens with two attached hydrogens (primary N) is 1. The monoisotopic (exact) mass is 928 g/mol. The van der Waals surface area contributed by atoms with Gasteiger partial charge in [-0.1, -0.05) is 132 Å². The Hall–Kier alpha value is -2.48. The first kappa shape index (κ1) is 60.5. The van der Waals surface area contributed by atoms with Crippen molar-refractivity contribution < 1.29 is 52.3 Å². The molecule has 0 fully saturated rings. The summed E-state index contributed by atoms with van der Waals surface area (Å²) in [5.41, 5.74) is 6.23. The number of allylic oxidation sites excluding steroid dienone is 10. The fourth-order valence-corrected chi connectivity index (χ4v) is 7.78. The van der Waals surface area contributed by atoms with E-state index < -0.39 is 43.3 Å². The molecule has 0 aliphatic carbocycles. The van der Waals surface area contributed by atoms with E-state index in [-0.39, 0.29) is 38.4 Å². The minimum Gasteiger partial charge on any atom is -0.492 e. The molecule has 0 amide bonds. The molecule has 0 aromatic carbocycles. The first-order valence-corrected chi connectivity index (χ1v) is 26.2. The fourth-order valence-electron chi connectivity index (χ4n) is 5.91. The van der Waals surface area contributed by atoms with E-state index in [1.54, 1.807) is 0 Å². The standard InChI is InChI=1S/C49H87N2O10PS/c1-6-8-10-12-14-16-18-20-21-22-23-25-27-29-31-33-39-58-44(42-61-62(56,57)60-40-38-51(3,4)5)41-59-49(55)45(50)43-63-47(46(52)35-34-37-48(53)54)36-32-30-28-26-24-19-17-15-13-11-9-7-2/h15-18,24,26,28,30,32-33,36,39,44-47,52H,6-14,19-23,25,27,29,31,34-35,37-38,40-43,50H2,1-5H3,(H-,53,54,56,57)/p+1/b17-15-,18-16-,26-24-,30-28+,36-32+,39-33+/t44-,45+,46+,47-/m1/s1. The number of aliphatic hydroxyl groups excluding tert-OH is 1. The molecule has 14 heteroatoms. The third kappa shape index (κ3) is 41.9. The second-order valence-electron chi connectivity index (χ2n) is 17.0. The number of carbonyl (C=O) groups is 2. The van der Waals surface area contributed by atoms with Gasteiger partial charge >= 0.3 is 19.8 Å². The topological polar surface area (TPSA) is 175 Å². The average Bonchev–Trinajstić information content (AvgIpc) is 3.23. The number of carboxylic acid groups (broad SMARTS) is 1. The number of ether oxygens (including phenoxy) is 2. The van der Waals surface area contributed by atoms with Crippen LogP contribution >= 0.6 is 19.6 Å². The number of nitrogens with zero attached hydrogens (tertiary/aromatic N) is 1. The number of likely N-dealkylation sites (N-methyl/N-ethyl adjacent to an activating group) is 1. The number of aliphatic hydroxyl groups is 1. The van der Waals surface area contributed by atoms with E-state index >= 15 is 0 Å². The summed E-state index contributed by atoms with van der Waals surface area (Å²) in [6.07, 6.45) is 43.4. The first-order valence-electron chi connectivity index (χ1n) is 23.7. The lowest BCUT2D eigenvalue weighted by atomic mass is 10.1. The lowest BCUT2D eigenvalue weighted by molar-refractivity contribution is -0.870. The van der Waals surface area contributed by atoms with Crippen LogP contribution in [0.25, 0.3) is 0 Å². The van der Waals surface area contributed by atoms with Gasteiger partial charge in [-0.25, -0.2) is 4.57 Å². The molecule has 0 radical (unpaired) electrons. The van der Waals surface area contributed by atoms with Crippen molar-refractivity contribution in [2.24, 2.45) is 5.73 Å². The Morgan fingerprint density at radius 3 is 1.94 bits per heavy atom. The predicted molar refractivity (Wildman–Crippen MR) is 261 cm³/mol. The van der Waals surface area contributed by atoms with E-state index in [9.17, 15) is 24.2 Å². The van der Waals surface area contributed by atoms with Crippen molar-refractivity contribution in [3.8, 4) is 0 Å². The number of esters is 1. The summed E-state index contributed by atoms with van der Waals surface area (Å²) in [5, 5.41) is 19.5. The Morgan fingerprint density at radius 2 is 1.30 bits per heavy atom. The molecule has 0 saturated heterocycles. The van der Waals surface area contributed by atoms with Crippen LogP contribution < -0.4 is 5.73 Å². The number of phosphoric acid groups is 1. The van der Waals surface area contributed by atoms with Gasteiger partial charge in [-0.15, -0.1) is 11.8 Å². The van der Waals surface area contributed by atoms with E-state index in [4.69, 9.17) is 29.4 Å². The number of rotatable bonds is 43. The summed E-state index contributed by atoms with van der Waals surface area (Å²) in [6.45, 7) is 4.27. The van der Waals surface area contributed by atoms with Crippen LogP contribution in [0.4, 0.5) is 0 Å². The number of aliphatic carboxylic acids is 1. The van der Waals surface area contributed by atoms with Crippen LogP contribution in [0, 0.1) is 0 Å². The summed E-state index contributed by atoms with van der Waals surface area (Å²) in [4.78, 5) is 34.4. The van der Waals surface area contributed by atoms with Crippen molar-refractivity contribution in [2.75, 3.05) is 53.3 Å². The van der Waals surface area contributed by atoms with Crippen LogP contribution in [0.3, 0.4) is 0 Å². The first-order chi connectivity index (χ1) is 30.2. The summed E-state index contributed by atoms with van der Waals surface area (Å²) in [6, 6.07) is -1.05. The van der Waals surface area contributed by atoms with Crippen LogP contribution in [0.2, 0.25) is 0 Å². The fraction of sp³-hybridized carbons (Fsp3) is 0.714. The normalized spacial score (nSPS) is 15.6. The second kappa shape index (κ2) is 41.0. The summed E-state index contributed by atoms with van der Waals surface area (Å²) in [7, 11) is 1.40.